The Labute approximate surface area is 310 Å². The van der Waals surface area contributed by atoms with Crippen molar-refractivity contribution in [3.8, 4) is 23.3 Å². The van der Waals surface area contributed by atoms with Crippen molar-refractivity contribution in [2.24, 2.45) is 11.8 Å². The van der Waals surface area contributed by atoms with Gasteiger partial charge in [0.1, 0.15) is 29.0 Å². The van der Waals surface area contributed by atoms with Gasteiger partial charge < -0.3 is 40.0 Å². The molecule has 0 radical (unpaired) electrons. The minimum atomic E-state index is -1.44. The van der Waals surface area contributed by atoms with Gasteiger partial charge in [-0.15, -0.1) is 0 Å². The lowest BCUT2D eigenvalue weighted by Gasteiger charge is -2.50. The number of Topliss-reactive ketones (excluding diaryl/α,β-unsaturated/α-hetero) is 1. The molecule has 2 saturated carbocycles. The Bertz CT molecular complexity index is 1820. The molecule has 2 fully saturated rings. The summed E-state index contributed by atoms with van der Waals surface area (Å²) in [5, 5.41) is 48.2. The van der Waals surface area contributed by atoms with Gasteiger partial charge in [0.15, 0.2) is 0 Å². The summed E-state index contributed by atoms with van der Waals surface area (Å²) in [7, 11) is 1.58. The number of aromatic hydroxyl groups is 1. The number of fused-ring (bicyclic) bond motifs is 2. The minimum Gasteiger partial charge on any atom is -0.508 e. The fourth-order valence-electron chi connectivity index (χ4n) is 8.54. The molecule has 0 saturated heterocycles. The van der Waals surface area contributed by atoms with E-state index in [1.165, 1.54) is 6.07 Å². The lowest BCUT2D eigenvalue weighted by Crippen LogP contribution is -2.57. The van der Waals surface area contributed by atoms with Crippen LogP contribution >= 0.6 is 0 Å². The van der Waals surface area contributed by atoms with Crippen molar-refractivity contribution in [1.82, 2.24) is 0 Å². The predicted octanol–water partition coefficient (Wildman–Crippen LogP) is 4.97. The minimum absolute atomic E-state index is 0.00870. The Morgan fingerprint density at radius 2 is 1.85 bits per heavy atom. The van der Waals surface area contributed by atoms with Crippen molar-refractivity contribution in [2.45, 2.75) is 114 Å². The van der Waals surface area contributed by atoms with E-state index in [0.717, 1.165) is 6.42 Å². The number of cyclic esters (lactones) is 1. The molecule has 5 N–H and O–H groups in total. The molecule has 2 aromatic rings. The third kappa shape index (κ3) is 8.62. The highest BCUT2D eigenvalue weighted by Crippen LogP contribution is 2.49. The first-order valence-corrected chi connectivity index (χ1v) is 18.7. The summed E-state index contributed by atoms with van der Waals surface area (Å²) in [5.41, 5.74) is 0.805. The Kier molecular flexibility index (Phi) is 11.6. The van der Waals surface area contributed by atoms with Crippen molar-refractivity contribution in [1.29, 1.82) is 0 Å². The Morgan fingerprint density at radius 3 is 2.60 bits per heavy atom. The van der Waals surface area contributed by atoms with Crippen LogP contribution in [0.5, 0.6) is 11.5 Å². The number of ketones is 1. The lowest BCUT2D eigenvalue weighted by atomic mass is 9.60. The van der Waals surface area contributed by atoms with Gasteiger partial charge in [0.25, 0.3) is 0 Å². The number of aliphatic hydroxyl groups excluding tert-OH is 1. The maximum Gasteiger partial charge on any atom is 0.334 e. The maximum atomic E-state index is 14.2. The molecule has 2 bridgehead atoms. The first kappa shape index (κ1) is 38.5. The molecule has 7 atom stereocenters. The summed E-state index contributed by atoms with van der Waals surface area (Å²) in [6.07, 6.45) is 4.25. The number of rotatable bonds is 9. The first-order chi connectivity index (χ1) is 25.3. The highest BCUT2D eigenvalue weighted by atomic mass is 16.6. The zero-order chi connectivity index (χ0) is 37.9. The molecule has 53 heavy (non-hydrogen) atoms. The fourth-order valence-corrected chi connectivity index (χ4v) is 8.54. The summed E-state index contributed by atoms with van der Waals surface area (Å²) in [6, 6.07) is 8.61. The van der Waals surface area contributed by atoms with E-state index in [2.05, 4.69) is 17.2 Å². The molecule has 2 aromatic carbocycles. The number of ether oxygens (including phenoxy) is 3. The molecule has 0 spiro atoms. The highest BCUT2D eigenvalue weighted by Gasteiger charge is 2.53. The molecule has 7 unspecified atom stereocenters. The number of methoxy groups -OCH3 is 1. The average Bonchev–Trinajstić information content (AvgIpc) is 3.13. The number of phenolic OH excluding ortho intramolecular Hbond substituents is 1. The second-order valence-electron chi connectivity index (χ2n) is 15.5. The number of hydrogen-bond donors (Lipinski definition) is 5. The summed E-state index contributed by atoms with van der Waals surface area (Å²) in [4.78, 5) is 39.5. The molecular weight excluding hydrogens is 678 g/mol. The largest absolute Gasteiger partial charge is 0.508 e. The molecule has 4 aliphatic rings. The zero-order valence-corrected chi connectivity index (χ0v) is 30.8. The summed E-state index contributed by atoms with van der Waals surface area (Å²) >= 11 is 0. The number of esters is 2. The van der Waals surface area contributed by atoms with Gasteiger partial charge in [-0.05, 0) is 86.3 Å². The number of benzene rings is 2. The molecule has 11 nitrogen and oxygen atoms in total. The standard InChI is InChI=1S/C42H51NO10/c1-4-26-16-27(30-14-25(23-44)15-32(17-30)43-24-41(2,49)12-13-51-3)7-8-28-21-39(47)52-37-22-36(46)31(19-34(28)37)20-38(53-40(26)48)42(50)11-5-6-29-18-33(45)9-10-35(29)42/h4,14-15,17,19,22,27-29,35,38,43-44,46,49-50H,5-6,9-13,16,18,20-21,23-24H2,1-3H3. The maximum absolute atomic E-state index is 14.2. The van der Waals surface area contributed by atoms with E-state index in [1.807, 2.05) is 12.1 Å². The van der Waals surface area contributed by atoms with Gasteiger partial charge in [-0.3, -0.25) is 9.59 Å². The number of allylic oxidation sites excluding steroid dienone is 1. The van der Waals surface area contributed by atoms with E-state index >= 15 is 0 Å². The van der Waals surface area contributed by atoms with Crippen molar-refractivity contribution in [2.75, 3.05) is 25.6 Å². The molecule has 6 rings (SSSR count). The third-order valence-corrected chi connectivity index (χ3v) is 11.6. The number of carbonyl (C=O) groups is 3. The Hall–Kier alpha value is -4.21. The van der Waals surface area contributed by atoms with Crippen LogP contribution in [0.2, 0.25) is 0 Å². The molecule has 0 aromatic heterocycles. The monoisotopic (exact) mass is 729 g/mol. The van der Waals surface area contributed by atoms with Crippen molar-refractivity contribution in [3.05, 3.63) is 64.2 Å². The molecular formula is C42H51NO10. The van der Waals surface area contributed by atoms with Crippen LogP contribution in [-0.4, -0.2) is 75.7 Å². The van der Waals surface area contributed by atoms with E-state index < -0.39 is 41.1 Å². The van der Waals surface area contributed by atoms with Crippen LogP contribution in [0.3, 0.4) is 0 Å². The SMILES string of the molecule is CC=C1CC(c2cc(CO)cc(NCC(C)(O)CCOC)c2)C#CC2CC(=O)Oc3cc(O)c(cc32)CC(C2(O)CCCC3CC(=O)CCC32)OC1=O. The van der Waals surface area contributed by atoms with Crippen molar-refractivity contribution < 1.29 is 49.0 Å². The quantitative estimate of drug-likeness (QED) is 0.102. The molecule has 11 heteroatoms. The molecule has 2 aliphatic heterocycles. The van der Waals surface area contributed by atoms with Crippen LogP contribution < -0.4 is 10.1 Å². The van der Waals surface area contributed by atoms with Crippen LogP contribution in [0.25, 0.3) is 0 Å². The smallest absolute Gasteiger partial charge is 0.334 e. The summed E-state index contributed by atoms with van der Waals surface area (Å²) in [5.74, 6) is 4.29. The van der Waals surface area contributed by atoms with E-state index in [1.54, 1.807) is 39.2 Å². The van der Waals surface area contributed by atoms with Crippen LogP contribution in [-0.2, 0) is 36.9 Å². The zero-order valence-electron chi connectivity index (χ0n) is 30.8. The van der Waals surface area contributed by atoms with Crippen LogP contribution in [0.15, 0.2) is 42.0 Å². The normalized spacial score (nSPS) is 29.2. The van der Waals surface area contributed by atoms with Crippen LogP contribution in [0, 0.1) is 23.7 Å². The van der Waals surface area contributed by atoms with Gasteiger partial charge in [-0.1, -0.05) is 30.4 Å². The number of phenols is 1. The van der Waals surface area contributed by atoms with Crippen molar-refractivity contribution >= 4 is 23.4 Å². The Morgan fingerprint density at radius 1 is 1.06 bits per heavy atom. The van der Waals surface area contributed by atoms with E-state index in [9.17, 15) is 34.8 Å². The van der Waals surface area contributed by atoms with Gasteiger partial charge in [0.2, 0.25) is 0 Å². The summed E-state index contributed by atoms with van der Waals surface area (Å²) in [6.45, 7) is 3.79. The molecule has 284 valence electrons. The summed E-state index contributed by atoms with van der Waals surface area (Å²) < 4.78 is 17.0. The van der Waals surface area contributed by atoms with E-state index in [4.69, 9.17) is 14.2 Å². The molecule has 2 aliphatic carbocycles. The first-order valence-electron chi connectivity index (χ1n) is 18.7. The second-order valence-corrected chi connectivity index (χ2v) is 15.5. The highest BCUT2D eigenvalue weighted by molar-refractivity contribution is 5.89. The number of carbonyl (C=O) groups excluding carboxylic acids is 3. The predicted molar refractivity (Wildman–Crippen MR) is 196 cm³/mol. The van der Waals surface area contributed by atoms with Crippen molar-refractivity contribution in [3.63, 3.8) is 0 Å². The third-order valence-electron chi connectivity index (χ3n) is 11.6. The topological polar surface area (TPSA) is 172 Å². The van der Waals surface area contributed by atoms with Crippen LogP contribution in [0.1, 0.15) is 106 Å². The number of nitrogens with one attached hydrogen (secondary N) is 1. The van der Waals surface area contributed by atoms with Gasteiger partial charge in [-0.2, -0.15) is 0 Å². The Balaban J connectivity index is 1.42. The van der Waals surface area contributed by atoms with E-state index in [-0.39, 0.29) is 61.5 Å². The second kappa shape index (κ2) is 16.0. The number of hydrogen-bond acceptors (Lipinski definition) is 11. The molecule has 2 heterocycles. The van der Waals surface area contributed by atoms with Crippen LogP contribution in [0.4, 0.5) is 5.69 Å². The van der Waals surface area contributed by atoms with Gasteiger partial charge in [-0.25, -0.2) is 4.79 Å². The number of anilines is 1. The van der Waals surface area contributed by atoms with Gasteiger partial charge >= 0.3 is 11.9 Å². The number of aliphatic hydroxyl groups is 3. The average molecular weight is 730 g/mol. The van der Waals surface area contributed by atoms with Gasteiger partial charge in [0, 0.05) is 74.8 Å². The fraction of sp³-hybridized carbons (Fsp3) is 0.548. The van der Waals surface area contributed by atoms with Gasteiger partial charge in [0.05, 0.1) is 24.5 Å². The molecule has 0 amide bonds. The lowest BCUT2D eigenvalue weighted by molar-refractivity contribution is -0.187. The van der Waals surface area contributed by atoms with E-state index in [0.29, 0.717) is 78.6 Å².